The van der Waals surface area contributed by atoms with E-state index in [0.717, 1.165) is 46.1 Å². The number of hydrogen-bond donors (Lipinski definition) is 1. The third-order valence-corrected chi connectivity index (χ3v) is 4.55. The van der Waals surface area contributed by atoms with Crippen LogP contribution in [0.3, 0.4) is 0 Å². The lowest BCUT2D eigenvalue weighted by Crippen LogP contribution is -2.21. The highest BCUT2D eigenvalue weighted by Gasteiger charge is 2.30. The number of carbonyl (C=O) groups is 1. The molecule has 0 bridgehead atoms. The summed E-state index contributed by atoms with van der Waals surface area (Å²) in [6.07, 6.45) is 1.91. The van der Waals surface area contributed by atoms with E-state index in [0.29, 0.717) is 11.5 Å². The number of carboxylic acid groups (broad SMARTS) is 1. The molecule has 2 unspecified atom stereocenters. The van der Waals surface area contributed by atoms with Gasteiger partial charge in [-0.2, -0.15) is 0 Å². The molecule has 3 rings (SSSR count). The Hall–Kier alpha value is -1.90. The largest absolute Gasteiger partial charge is 0.478 e. The molecule has 110 valence electrons. The summed E-state index contributed by atoms with van der Waals surface area (Å²) in [5.41, 5.74) is 5.37. The second-order valence-electron chi connectivity index (χ2n) is 6.57. The lowest BCUT2D eigenvalue weighted by molar-refractivity contribution is 0.0696. The molecule has 1 aromatic heterocycles. The Bertz CT molecular complexity index is 749. The van der Waals surface area contributed by atoms with Gasteiger partial charge in [0.2, 0.25) is 0 Å². The molecule has 1 N–H and O–H groups in total. The summed E-state index contributed by atoms with van der Waals surface area (Å²) in [5.74, 6) is -0.00976. The highest BCUT2D eigenvalue weighted by molar-refractivity contribution is 6.06. The van der Waals surface area contributed by atoms with Crippen molar-refractivity contribution in [3.63, 3.8) is 0 Å². The van der Waals surface area contributed by atoms with E-state index in [1.165, 1.54) is 0 Å². The predicted molar refractivity (Wildman–Crippen MR) is 84.1 cm³/mol. The summed E-state index contributed by atoms with van der Waals surface area (Å²) in [7, 11) is 0. The first-order valence-corrected chi connectivity index (χ1v) is 7.55. The van der Waals surface area contributed by atoms with E-state index in [1.54, 1.807) is 0 Å². The van der Waals surface area contributed by atoms with Gasteiger partial charge in [-0.15, -0.1) is 0 Å². The Morgan fingerprint density at radius 3 is 2.67 bits per heavy atom. The Kier molecular flexibility index (Phi) is 3.23. The summed E-state index contributed by atoms with van der Waals surface area (Å²) in [4.78, 5) is 16.7. The number of aromatic carboxylic acids is 1. The van der Waals surface area contributed by atoms with E-state index in [9.17, 15) is 9.90 Å². The molecule has 1 aliphatic rings. The van der Waals surface area contributed by atoms with Gasteiger partial charge in [0.15, 0.2) is 0 Å². The monoisotopic (exact) mass is 283 g/mol. The normalized spacial score (nSPS) is 21.3. The van der Waals surface area contributed by atoms with E-state index in [2.05, 4.69) is 13.8 Å². The number of nitrogens with zero attached hydrogens (tertiary/aromatic N) is 1. The van der Waals surface area contributed by atoms with Crippen LogP contribution in [0.25, 0.3) is 10.9 Å². The van der Waals surface area contributed by atoms with Gasteiger partial charge in [-0.25, -0.2) is 4.79 Å². The predicted octanol–water partition coefficient (Wildman–Crippen LogP) is 4.24. The van der Waals surface area contributed by atoms with Gasteiger partial charge in [-0.3, -0.25) is 4.98 Å². The summed E-state index contributed by atoms with van der Waals surface area (Å²) in [6, 6.07) is 4.04. The summed E-state index contributed by atoms with van der Waals surface area (Å²) < 4.78 is 0. The van der Waals surface area contributed by atoms with E-state index < -0.39 is 5.97 Å². The van der Waals surface area contributed by atoms with Gasteiger partial charge >= 0.3 is 5.97 Å². The van der Waals surface area contributed by atoms with Gasteiger partial charge in [0, 0.05) is 11.1 Å². The molecule has 0 amide bonds. The van der Waals surface area contributed by atoms with Crippen molar-refractivity contribution in [3.05, 3.63) is 40.1 Å². The number of aryl methyl sites for hydroxylation is 2. The van der Waals surface area contributed by atoms with E-state index in [4.69, 9.17) is 4.98 Å². The van der Waals surface area contributed by atoms with Crippen molar-refractivity contribution >= 4 is 16.9 Å². The average molecular weight is 283 g/mol. The van der Waals surface area contributed by atoms with Crippen LogP contribution in [0, 0.1) is 19.8 Å². The number of pyridine rings is 1. The molecule has 0 fully saturated rings. The zero-order valence-electron chi connectivity index (χ0n) is 13.0. The van der Waals surface area contributed by atoms with Gasteiger partial charge in [0.1, 0.15) is 0 Å². The first kappa shape index (κ1) is 14.1. The van der Waals surface area contributed by atoms with Crippen molar-refractivity contribution in [2.24, 2.45) is 5.92 Å². The minimum atomic E-state index is -0.827. The Morgan fingerprint density at radius 1 is 1.29 bits per heavy atom. The van der Waals surface area contributed by atoms with Crippen LogP contribution in [0.5, 0.6) is 0 Å². The zero-order valence-corrected chi connectivity index (χ0v) is 13.0. The molecule has 0 saturated carbocycles. The number of hydrogen-bond acceptors (Lipinski definition) is 2. The molecule has 0 spiro atoms. The van der Waals surface area contributed by atoms with Gasteiger partial charge in [0.25, 0.3) is 0 Å². The Labute approximate surface area is 125 Å². The van der Waals surface area contributed by atoms with Crippen molar-refractivity contribution in [2.45, 2.75) is 46.5 Å². The molecule has 3 nitrogen and oxygen atoms in total. The van der Waals surface area contributed by atoms with Gasteiger partial charge in [-0.1, -0.05) is 19.9 Å². The SMILES string of the molecule is Cc1cc(C)c2c(C(=O)O)c3c(nc2c1)CC(C)CC3C. The molecular weight excluding hydrogens is 262 g/mol. The minimum absolute atomic E-state index is 0.257. The molecule has 2 atom stereocenters. The number of benzene rings is 1. The Balaban J connectivity index is 2.45. The molecule has 1 heterocycles. The summed E-state index contributed by atoms with van der Waals surface area (Å²) >= 11 is 0. The van der Waals surface area contributed by atoms with Crippen LogP contribution in [0.15, 0.2) is 12.1 Å². The van der Waals surface area contributed by atoms with E-state index in [-0.39, 0.29) is 5.92 Å². The highest BCUT2D eigenvalue weighted by Crippen LogP contribution is 2.39. The fourth-order valence-corrected chi connectivity index (χ4v) is 3.89. The van der Waals surface area contributed by atoms with Crippen LogP contribution >= 0.6 is 0 Å². The maximum absolute atomic E-state index is 11.9. The topological polar surface area (TPSA) is 50.2 Å². The maximum atomic E-state index is 11.9. The molecule has 1 aliphatic carbocycles. The molecule has 0 radical (unpaired) electrons. The summed E-state index contributed by atoms with van der Waals surface area (Å²) in [6.45, 7) is 8.34. The first-order chi connectivity index (χ1) is 9.88. The summed E-state index contributed by atoms with van der Waals surface area (Å²) in [5, 5.41) is 10.6. The van der Waals surface area contributed by atoms with Crippen molar-refractivity contribution < 1.29 is 9.90 Å². The van der Waals surface area contributed by atoms with Crippen molar-refractivity contribution in [2.75, 3.05) is 0 Å². The molecule has 0 saturated heterocycles. The van der Waals surface area contributed by atoms with Crippen molar-refractivity contribution in [1.82, 2.24) is 4.98 Å². The average Bonchev–Trinajstić information content (AvgIpc) is 2.35. The quantitative estimate of drug-likeness (QED) is 0.851. The molecule has 2 aromatic rings. The molecule has 0 aliphatic heterocycles. The standard InChI is InChI=1S/C18H21NO2/c1-9-5-11(3)15-13(7-9)19-14-8-10(2)6-12(4)16(14)17(15)18(20)21/h5,7,10,12H,6,8H2,1-4H3,(H,20,21). The molecule has 1 aromatic carbocycles. The first-order valence-electron chi connectivity index (χ1n) is 7.55. The van der Waals surface area contributed by atoms with Crippen LogP contribution in [0.1, 0.15) is 58.9 Å². The molecule has 21 heavy (non-hydrogen) atoms. The second-order valence-corrected chi connectivity index (χ2v) is 6.57. The second kappa shape index (κ2) is 4.83. The van der Waals surface area contributed by atoms with E-state index in [1.807, 2.05) is 26.0 Å². The Morgan fingerprint density at radius 2 is 2.00 bits per heavy atom. The third kappa shape index (κ3) is 2.21. The number of rotatable bonds is 1. The van der Waals surface area contributed by atoms with Crippen LogP contribution in [-0.2, 0) is 6.42 Å². The van der Waals surface area contributed by atoms with Crippen molar-refractivity contribution in [1.29, 1.82) is 0 Å². The van der Waals surface area contributed by atoms with Crippen LogP contribution in [0.4, 0.5) is 0 Å². The number of carboxylic acids is 1. The van der Waals surface area contributed by atoms with Crippen LogP contribution < -0.4 is 0 Å². The van der Waals surface area contributed by atoms with Gasteiger partial charge in [0.05, 0.1) is 11.1 Å². The number of fused-ring (bicyclic) bond motifs is 2. The van der Waals surface area contributed by atoms with Gasteiger partial charge < -0.3 is 5.11 Å². The van der Waals surface area contributed by atoms with Crippen LogP contribution in [0.2, 0.25) is 0 Å². The maximum Gasteiger partial charge on any atom is 0.336 e. The smallest absolute Gasteiger partial charge is 0.336 e. The van der Waals surface area contributed by atoms with Crippen molar-refractivity contribution in [3.8, 4) is 0 Å². The fourth-order valence-electron chi connectivity index (χ4n) is 3.89. The fraction of sp³-hybridized carbons (Fsp3) is 0.444. The van der Waals surface area contributed by atoms with Crippen LogP contribution in [-0.4, -0.2) is 16.1 Å². The molecular formula is C18H21NO2. The lowest BCUT2D eigenvalue weighted by Gasteiger charge is -2.29. The number of aromatic nitrogens is 1. The zero-order chi connectivity index (χ0) is 15.3. The lowest BCUT2D eigenvalue weighted by atomic mass is 9.77. The molecule has 3 heteroatoms. The van der Waals surface area contributed by atoms with E-state index >= 15 is 0 Å². The van der Waals surface area contributed by atoms with Gasteiger partial charge in [-0.05, 0) is 61.3 Å². The highest BCUT2D eigenvalue weighted by atomic mass is 16.4. The minimum Gasteiger partial charge on any atom is -0.478 e. The third-order valence-electron chi connectivity index (χ3n) is 4.55.